The first kappa shape index (κ1) is 18.9. The number of nitrogens with zero attached hydrogens (tertiary/aromatic N) is 6. The third-order valence-electron chi connectivity index (χ3n) is 5.44. The predicted molar refractivity (Wildman–Crippen MR) is 106 cm³/mol. The third kappa shape index (κ3) is 4.35. The highest BCUT2D eigenvalue weighted by atomic mass is 16.5. The molecule has 2 saturated heterocycles. The van der Waals surface area contributed by atoms with E-state index in [0.717, 1.165) is 57.2 Å². The Hall–Kier alpha value is -2.42. The van der Waals surface area contributed by atoms with Gasteiger partial charge < -0.3 is 24.8 Å². The van der Waals surface area contributed by atoms with Crippen LogP contribution in [0.5, 0.6) is 5.75 Å². The number of piperidine rings is 1. The third-order valence-corrected chi connectivity index (χ3v) is 5.44. The Labute approximate surface area is 165 Å². The molecule has 0 spiro atoms. The number of nitrogens with two attached hydrogens (primary N) is 1. The van der Waals surface area contributed by atoms with E-state index in [9.17, 15) is 0 Å². The average molecular weight is 387 g/mol. The van der Waals surface area contributed by atoms with Gasteiger partial charge in [-0.1, -0.05) is 19.0 Å². The molecule has 2 aromatic rings. The maximum Gasteiger partial charge on any atom is 0.324 e. The fraction of sp³-hybridized carbons (Fsp3) is 0.684. The lowest BCUT2D eigenvalue weighted by Gasteiger charge is -2.30. The van der Waals surface area contributed by atoms with E-state index >= 15 is 0 Å². The highest BCUT2D eigenvalue weighted by Gasteiger charge is 2.24. The Morgan fingerprint density at radius 3 is 2.46 bits per heavy atom. The molecule has 0 unspecified atom stereocenters. The number of hydrogen-bond donors (Lipinski definition) is 1. The van der Waals surface area contributed by atoms with Gasteiger partial charge in [-0.25, -0.2) is 9.97 Å². The first-order valence-electron chi connectivity index (χ1n) is 10.1. The van der Waals surface area contributed by atoms with Crippen LogP contribution in [0, 0.1) is 5.92 Å². The van der Waals surface area contributed by atoms with Crippen molar-refractivity contribution >= 4 is 12.0 Å². The van der Waals surface area contributed by atoms with Gasteiger partial charge in [-0.15, -0.1) is 0 Å². The van der Waals surface area contributed by atoms with Crippen LogP contribution >= 0.6 is 0 Å². The molecule has 0 aromatic carbocycles. The van der Waals surface area contributed by atoms with E-state index in [4.69, 9.17) is 15.0 Å². The van der Waals surface area contributed by atoms with Gasteiger partial charge in [0.15, 0.2) is 11.6 Å². The standard InChI is InChI=1S/C19H29N7O2/c1-13(2)17-23-19(28-24-17)25-6-3-14(4-7-25)12-27-16-9-21-18(22-10-16)26-8-5-15(20)11-26/h9-10,13-15H,3-8,11-12,20H2,1-2H3/t15-/m1/s1. The average Bonchev–Trinajstić information content (AvgIpc) is 3.37. The van der Waals surface area contributed by atoms with E-state index in [1.54, 1.807) is 12.4 Å². The summed E-state index contributed by atoms with van der Waals surface area (Å²) in [6, 6.07) is 0.850. The number of aromatic nitrogens is 4. The van der Waals surface area contributed by atoms with E-state index < -0.39 is 0 Å². The molecule has 9 heteroatoms. The Kier molecular flexibility index (Phi) is 5.61. The summed E-state index contributed by atoms with van der Waals surface area (Å²) in [5, 5.41) is 4.05. The van der Waals surface area contributed by atoms with Crippen molar-refractivity contribution in [2.24, 2.45) is 11.7 Å². The van der Waals surface area contributed by atoms with E-state index in [0.29, 0.717) is 24.3 Å². The van der Waals surface area contributed by atoms with Crippen LogP contribution in [0.4, 0.5) is 12.0 Å². The molecule has 2 aromatic heterocycles. The Bertz CT molecular complexity index is 756. The van der Waals surface area contributed by atoms with Crippen molar-refractivity contribution in [2.45, 2.75) is 45.1 Å². The van der Waals surface area contributed by atoms with Crippen LogP contribution in [0.15, 0.2) is 16.9 Å². The zero-order chi connectivity index (χ0) is 19.5. The van der Waals surface area contributed by atoms with Crippen LogP contribution in [-0.2, 0) is 0 Å². The summed E-state index contributed by atoms with van der Waals surface area (Å²) in [5.41, 5.74) is 5.95. The maximum atomic E-state index is 5.95. The zero-order valence-corrected chi connectivity index (χ0v) is 16.6. The number of ether oxygens (including phenoxy) is 1. The second-order valence-electron chi connectivity index (χ2n) is 8.04. The van der Waals surface area contributed by atoms with Crippen LogP contribution in [0.1, 0.15) is 44.9 Å². The number of anilines is 2. The molecule has 4 heterocycles. The Balaban J connectivity index is 1.23. The van der Waals surface area contributed by atoms with Gasteiger partial charge in [-0.3, -0.25) is 0 Å². The minimum absolute atomic E-state index is 0.217. The summed E-state index contributed by atoms with van der Waals surface area (Å²) in [6.45, 7) is 8.34. The lowest BCUT2D eigenvalue weighted by Crippen LogP contribution is -2.35. The van der Waals surface area contributed by atoms with Gasteiger partial charge in [-0.05, 0) is 25.2 Å². The first-order chi connectivity index (χ1) is 13.6. The van der Waals surface area contributed by atoms with Crippen molar-refractivity contribution in [3.63, 3.8) is 0 Å². The molecule has 9 nitrogen and oxygen atoms in total. The molecule has 2 aliphatic rings. The van der Waals surface area contributed by atoms with Crippen molar-refractivity contribution in [1.29, 1.82) is 0 Å². The number of rotatable bonds is 6. The lowest BCUT2D eigenvalue weighted by molar-refractivity contribution is 0.219. The molecule has 2 aliphatic heterocycles. The quantitative estimate of drug-likeness (QED) is 0.794. The van der Waals surface area contributed by atoms with Gasteiger partial charge in [0.25, 0.3) is 0 Å². The van der Waals surface area contributed by atoms with Gasteiger partial charge in [0.05, 0.1) is 19.0 Å². The minimum atomic E-state index is 0.217. The molecule has 152 valence electrons. The van der Waals surface area contributed by atoms with E-state index in [1.807, 2.05) is 0 Å². The molecule has 2 fully saturated rings. The van der Waals surface area contributed by atoms with E-state index in [1.165, 1.54) is 0 Å². The van der Waals surface area contributed by atoms with Crippen LogP contribution in [-0.4, -0.2) is 58.9 Å². The lowest BCUT2D eigenvalue weighted by atomic mass is 9.98. The smallest absolute Gasteiger partial charge is 0.324 e. The van der Waals surface area contributed by atoms with E-state index in [-0.39, 0.29) is 12.0 Å². The maximum absolute atomic E-state index is 5.95. The summed E-state index contributed by atoms with van der Waals surface area (Å²) in [7, 11) is 0. The molecule has 28 heavy (non-hydrogen) atoms. The van der Waals surface area contributed by atoms with Crippen molar-refractivity contribution in [3.05, 3.63) is 18.2 Å². The Morgan fingerprint density at radius 1 is 1.14 bits per heavy atom. The van der Waals surface area contributed by atoms with Crippen LogP contribution < -0.4 is 20.3 Å². The van der Waals surface area contributed by atoms with Gasteiger partial charge in [-0.2, -0.15) is 4.98 Å². The van der Waals surface area contributed by atoms with Crippen LogP contribution in [0.2, 0.25) is 0 Å². The van der Waals surface area contributed by atoms with Gasteiger partial charge >= 0.3 is 6.01 Å². The molecule has 4 rings (SSSR count). The second-order valence-corrected chi connectivity index (χ2v) is 8.04. The molecule has 0 radical (unpaired) electrons. The largest absolute Gasteiger partial charge is 0.490 e. The van der Waals surface area contributed by atoms with Crippen molar-refractivity contribution < 1.29 is 9.26 Å². The van der Waals surface area contributed by atoms with Gasteiger partial charge in [0, 0.05) is 38.1 Å². The fourth-order valence-electron chi connectivity index (χ4n) is 3.61. The highest BCUT2D eigenvalue weighted by Crippen LogP contribution is 2.24. The van der Waals surface area contributed by atoms with E-state index in [2.05, 4.69) is 43.8 Å². The highest BCUT2D eigenvalue weighted by molar-refractivity contribution is 5.33. The molecule has 0 bridgehead atoms. The molecule has 0 aliphatic carbocycles. The molecule has 1 atom stereocenters. The topological polar surface area (TPSA) is 106 Å². The molecule has 0 saturated carbocycles. The second kappa shape index (κ2) is 8.30. The summed E-state index contributed by atoms with van der Waals surface area (Å²) in [6.07, 6.45) is 6.57. The van der Waals surface area contributed by atoms with Crippen LogP contribution in [0.3, 0.4) is 0 Å². The first-order valence-corrected chi connectivity index (χ1v) is 10.1. The Morgan fingerprint density at radius 2 is 1.86 bits per heavy atom. The molecular weight excluding hydrogens is 358 g/mol. The summed E-state index contributed by atoms with van der Waals surface area (Å²) >= 11 is 0. The normalized spacial score (nSPS) is 20.9. The van der Waals surface area contributed by atoms with Gasteiger partial charge in [0.1, 0.15) is 0 Å². The molecule has 0 amide bonds. The summed E-state index contributed by atoms with van der Waals surface area (Å²) in [4.78, 5) is 17.6. The summed E-state index contributed by atoms with van der Waals surface area (Å²) in [5.74, 6) is 2.99. The molecule has 2 N–H and O–H groups in total. The summed E-state index contributed by atoms with van der Waals surface area (Å²) < 4.78 is 11.3. The van der Waals surface area contributed by atoms with Crippen molar-refractivity contribution in [1.82, 2.24) is 20.1 Å². The van der Waals surface area contributed by atoms with Gasteiger partial charge in [0.2, 0.25) is 5.95 Å². The van der Waals surface area contributed by atoms with Crippen LogP contribution in [0.25, 0.3) is 0 Å². The fourth-order valence-corrected chi connectivity index (χ4v) is 3.61. The number of hydrogen-bond acceptors (Lipinski definition) is 9. The van der Waals surface area contributed by atoms with Crippen molar-refractivity contribution in [3.8, 4) is 5.75 Å². The molecular formula is C19H29N7O2. The SMILES string of the molecule is CC(C)c1noc(N2CCC(COc3cnc(N4CC[C@@H](N)C4)nc3)CC2)n1. The zero-order valence-electron chi connectivity index (χ0n) is 16.6. The monoisotopic (exact) mass is 387 g/mol. The predicted octanol–water partition coefficient (Wildman–Crippen LogP) is 1.82. The van der Waals surface area contributed by atoms with Crippen molar-refractivity contribution in [2.75, 3.05) is 42.6 Å². The minimum Gasteiger partial charge on any atom is -0.490 e.